The predicted molar refractivity (Wildman–Crippen MR) is 136 cm³/mol. The minimum Gasteiger partial charge on any atom is -0.397 e. The Labute approximate surface area is 217 Å². The number of carbonyl (C=O) groups is 1. The summed E-state index contributed by atoms with van der Waals surface area (Å²) in [5, 5.41) is 15.2. The van der Waals surface area contributed by atoms with Crippen molar-refractivity contribution < 1.29 is 36.4 Å². The highest BCUT2D eigenvalue weighted by molar-refractivity contribution is 7.33. The molecule has 0 fully saturated rings. The van der Waals surface area contributed by atoms with Gasteiger partial charge in [0.25, 0.3) is 5.91 Å². The van der Waals surface area contributed by atoms with Gasteiger partial charge in [-0.15, -0.1) is 0 Å². The topological polar surface area (TPSA) is 108 Å². The van der Waals surface area contributed by atoms with Crippen LogP contribution in [0.2, 0.25) is 0 Å². The van der Waals surface area contributed by atoms with E-state index in [0.29, 0.717) is 6.20 Å². The van der Waals surface area contributed by atoms with E-state index in [1.807, 2.05) is 0 Å². The maximum Gasteiger partial charge on any atom is 0.421 e. The van der Waals surface area contributed by atoms with Crippen LogP contribution in [0, 0.1) is 0 Å². The minimum atomic E-state index is -4.78. The largest absolute Gasteiger partial charge is 0.421 e. The Bertz CT molecular complexity index is 1200. The summed E-state index contributed by atoms with van der Waals surface area (Å²) in [4.78, 5) is 19.7. The molecule has 0 aliphatic heterocycles. The molecule has 0 saturated heterocycles. The molecule has 2 aromatic carbocycles. The number of rotatable bonds is 9. The fraction of sp³-hybridized carbons (Fsp3) is 0.292. The van der Waals surface area contributed by atoms with Gasteiger partial charge in [-0.05, 0) is 38.1 Å². The highest BCUT2D eigenvalue weighted by Gasteiger charge is 2.36. The van der Waals surface area contributed by atoms with Crippen molar-refractivity contribution in [3.05, 3.63) is 71.4 Å². The number of anilines is 4. The lowest BCUT2D eigenvalue weighted by molar-refractivity contribution is -0.137. The van der Waals surface area contributed by atoms with Gasteiger partial charge < -0.3 is 25.6 Å². The summed E-state index contributed by atoms with van der Waals surface area (Å²) in [6, 6.07) is 11.0. The van der Waals surface area contributed by atoms with Gasteiger partial charge in [0.2, 0.25) is 5.95 Å². The number of carbonyl (C=O) groups excluding carboxylic acids is 1. The molecule has 0 radical (unpaired) electrons. The second kappa shape index (κ2) is 13.9. The zero-order chi connectivity index (χ0) is 28.3. The smallest absolute Gasteiger partial charge is 0.397 e. The van der Waals surface area contributed by atoms with Gasteiger partial charge in [0.1, 0.15) is 11.4 Å². The van der Waals surface area contributed by atoms with E-state index < -0.39 is 37.9 Å². The monoisotopic (exact) mass is 559 g/mol. The second-order valence-corrected chi connectivity index (χ2v) is 8.45. The van der Waals surface area contributed by atoms with Crippen LogP contribution in [-0.4, -0.2) is 41.2 Å². The molecule has 1 heterocycles. The molecule has 1 unspecified atom stereocenters. The van der Waals surface area contributed by atoms with Crippen molar-refractivity contribution in [3.8, 4) is 0 Å². The number of aromatic nitrogens is 2. The summed E-state index contributed by atoms with van der Waals surface area (Å²) in [5.74, 6) is -1.31. The van der Waals surface area contributed by atoms with Gasteiger partial charge >= 0.3 is 11.8 Å². The number of nitrogens with one attached hydrogen (secondary N) is 3. The number of alkyl halides is 5. The fourth-order valence-corrected chi connectivity index (χ4v) is 3.52. The lowest BCUT2D eigenvalue weighted by Crippen LogP contribution is -2.20. The first-order valence-electron chi connectivity index (χ1n) is 11.2. The molecule has 0 saturated carbocycles. The molecule has 3 aromatic rings. The van der Waals surface area contributed by atoms with Crippen molar-refractivity contribution in [2.75, 3.05) is 30.9 Å². The van der Waals surface area contributed by atoms with Crippen molar-refractivity contribution in [3.63, 3.8) is 0 Å². The molecule has 4 N–H and O–H groups in total. The van der Waals surface area contributed by atoms with Crippen molar-refractivity contribution in [2.45, 2.75) is 25.7 Å². The summed E-state index contributed by atoms with van der Waals surface area (Å²) < 4.78 is 73.8. The van der Waals surface area contributed by atoms with Crippen molar-refractivity contribution in [2.24, 2.45) is 0 Å². The Kier molecular flexibility index (Phi) is 11.3. The van der Waals surface area contributed by atoms with Gasteiger partial charge in [0.05, 0.1) is 20.1 Å². The van der Waals surface area contributed by atoms with E-state index in [9.17, 15) is 26.7 Å². The summed E-state index contributed by atoms with van der Waals surface area (Å²) in [7, 11) is 0.353. The maximum atomic E-state index is 14.1. The van der Waals surface area contributed by atoms with Gasteiger partial charge in [0, 0.05) is 37.7 Å². The number of aliphatic hydroxyl groups excluding tert-OH is 1. The van der Waals surface area contributed by atoms with Crippen LogP contribution < -0.4 is 16.0 Å². The van der Waals surface area contributed by atoms with Gasteiger partial charge in [-0.1, -0.05) is 24.3 Å². The molecular formula is C24H27F5N5O3P. The molecule has 1 amide bonds. The predicted octanol–water partition coefficient (Wildman–Crippen LogP) is 6.02. The molecule has 1 aromatic heterocycles. The van der Waals surface area contributed by atoms with Crippen molar-refractivity contribution in [1.82, 2.24) is 15.3 Å². The van der Waals surface area contributed by atoms with Crippen molar-refractivity contribution in [1.29, 1.82) is 0 Å². The molecule has 0 aliphatic carbocycles. The van der Waals surface area contributed by atoms with Crippen LogP contribution >= 0.6 is 8.81 Å². The number of hydrogen-bond donors (Lipinski definition) is 4. The number of amides is 1. The Hall–Kier alpha value is -3.41. The van der Waals surface area contributed by atoms with Crippen LogP contribution in [0.5, 0.6) is 0 Å². The Morgan fingerprint density at radius 1 is 1.03 bits per heavy atom. The first kappa shape index (κ1) is 30.8. The van der Waals surface area contributed by atoms with E-state index in [-0.39, 0.29) is 41.7 Å². The quantitative estimate of drug-likeness (QED) is 0.188. The third-order valence-corrected chi connectivity index (χ3v) is 5.57. The third kappa shape index (κ3) is 8.57. The summed E-state index contributed by atoms with van der Waals surface area (Å²) in [6.45, 7) is 3.70. The van der Waals surface area contributed by atoms with Gasteiger partial charge in [0.15, 0.2) is 0 Å². The second-order valence-electron chi connectivity index (χ2n) is 7.33. The summed E-state index contributed by atoms with van der Waals surface area (Å²) >= 11 is 0. The molecule has 1 atom stereocenters. The number of aliphatic hydroxyl groups is 1. The fourth-order valence-electron chi connectivity index (χ4n) is 2.91. The first-order valence-corrected chi connectivity index (χ1v) is 12.1. The standard InChI is InChI=1S/C22H21F5N5O2P.C2H6O/c1-3-34-35-22(26,27)13-8-10-14(11-9-13)30-20-29-12-16(21(23,24)25)18(32-20)31-17-7-5-4-6-15(17)19(33)28-2;1-2-3/h4-12,35H,3H2,1-2H3,(H,28,33)(H2,29,30,31,32);3H,2H2,1H3. The SMILES string of the molecule is CCO.CCOPC(F)(F)c1ccc(Nc2ncc(C(F)(F)F)c(Nc3ccccc3C(=O)NC)n2)cc1. The van der Waals surface area contributed by atoms with E-state index in [2.05, 4.69) is 25.9 Å². The number of nitrogens with zero attached hydrogens (tertiary/aromatic N) is 2. The van der Waals surface area contributed by atoms with Crippen molar-refractivity contribution >= 4 is 37.9 Å². The molecule has 0 bridgehead atoms. The number of para-hydroxylation sites is 1. The number of benzene rings is 2. The van der Waals surface area contributed by atoms with Crippen LogP contribution in [0.1, 0.15) is 35.3 Å². The molecule has 14 heteroatoms. The van der Waals surface area contributed by atoms with E-state index in [1.165, 1.54) is 43.4 Å². The molecule has 3 rings (SSSR count). The molecular weight excluding hydrogens is 532 g/mol. The maximum absolute atomic E-state index is 14.1. The van der Waals surface area contributed by atoms with E-state index in [1.54, 1.807) is 26.0 Å². The van der Waals surface area contributed by atoms with Gasteiger partial charge in [-0.2, -0.15) is 26.9 Å². The van der Waals surface area contributed by atoms with Crippen LogP contribution in [0.4, 0.5) is 45.1 Å². The average molecular weight is 559 g/mol. The molecule has 38 heavy (non-hydrogen) atoms. The van der Waals surface area contributed by atoms with E-state index in [4.69, 9.17) is 9.63 Å². The Balaban J connectivity index is 0.00000161. The normalized spacial score (nSPS) is 11.6. The highest BCUT2D eigenvalue weighted by Crippen LogP contribution is 2.45. The van der Waals surface area contributed by atoms with Gasteiger partial charge in [-0.3, -0.25) is 4.79 Å². The Morgan fingerprint density at radius 3 is 2.24 bits per heavy atom. The molecule has 8 nitrogen and oxygen atoms in total. The van der Waals surface area contributed by atoms with Crippen LogP contribution in [0.15, 0.2) is 54.7 Å². The van der Waals surface area contributed by atoms with Gasteiger partial charge in [-0.25, -0.2) is 4.98 Å². The van der Waals surface area contributed by atoms with E-state index in [0.717, 1.165) is 0 Å². The number of hydrogen-bond acceptors (Lipinski definition) is 7. The van der Waals surface area contributed by atoms with E-state index >= 15 is 0 Å². The van der Waals surface area contributed by atoms with Crippen LogP contribution in [0.3, 0.4) is 0 Å². The lowest BCUT2D eigenvalue weighted by Gasteiger charge is -2.17. The lowest BCUT2D eigenvalue weighted by atomic mass is 10.1. The summed E-state index contributed by atoms with van der Waals surface area (Å²) in [6.07, 6.45) is -4.19. The highest BCUT2D eigenvalue weighted by atomic mass is 31.1. The van der Waals surface area contributed by atoms with Crippen LogP contribution in [0.25, 0.3) is 0 Å². The Morgan fingerprint density at radius 2 is 1.66 bits per heavy atom. The minimum absolute atomic E-state index is 0.101. The van der Waals surface area contributed by atoms with Crippen LogP contribution in [-0.2, 0) is 16.4 Å². The first-order chi connectivity index (χ1) is 18.0. The molecule has 206 valence electrons. The summed E-state index contributed by atoms with van der Waals surface area (Å²) in [5.41, 5.74) is -4.10. The number of halogens is 5. The molecule has 0 aliphatic rings. The average Bonchev–Trinajstić information content (AvgIpc) is 2.87. The third-order valence-electron chi connectivity index (χ3n) is 4.59. The zero-order valence-corrected chi connectivity index (χ0v) is 21.7. The molecule has 0 spiro atoms. The zero-order valence-electron chi connectivity index (χ0n) is 20.7.